The molecular formula is C77H124O15. The average molecular weight is 1290 g/mol. The van der Waals surface area contributed by atoms with E-state index in [1.54, 1.807) is 0 Å². The highest BCUT2D eigenvalue weighted by Gasteiger charge is 2.28. The highest BCUT2D eigenvalue weighted by Crippen LogP contribution is 2.38. The molecule has 522 valence electrons. The first-order chi connectivity index (χ1) is 43.0. The summed E-state index contributed by atoms with van der Waals surface area (Å²) in [5, 5.41) is 73.1. The fourth-order valence-corrected chi connectivity index (χ4v) is 10.6. The van der Waals surface area contributed by atoms with Crippen LogP contribution in [-0.4, -0.2) is 151 Å². The Kier molecular flexibility index (Phi) is 40.2. The Labute approximate surface area is 555 Å². The predicted molar refractivity (Wildman–Crippen MR) is 375 cm³/mol. The lowest BCUT2D eigenvalue weighted by Gasteiger charge is -2.33. The van der Waals surface area contributed by atoms with Crippen molar-refractivity contribution in [3.05, 3.63) is 148 Å². The van der Waals surface area contributed by atoms with E-state index in [0.717, 1.165) is 47.8 Å². The maximum Gasteiger partial charge on any atom is 0.122 e. The highest BCUT2D eigenvalue weighted by molar-refractivity contribution is 5.39. The molecule has 0 amide bonds. The molecule has 0 saturated heterocycles. The van der Waals surface area contributed by atoms with Crippen molar-refractivity contribution in [1.29, 1.82) is 0 Å². The molecule has 0 aliphatic heterocycles. The molecule has 0 aliphatic carbocycles. The van der Waals surface area contributed by atoms with E-state index in [-0.39, 0.29) is 69.1 Å². The van der Waals surface area contributed by atoms with Crippen molar-refractivity contribution >= 4 is 0 Å². The molecule has 6 atom stereocenters. The van der Waals surface area contributed by atoms with Gasteiger partial charge in [-0.15, -0.1) is 0 Å². The van der Waals surface area contributed by atoms with Gasteiger partial charge in [0.1, 0.15) is 92.3 Å². The molecule has 0 aromatic heterocycles. The summed E-state index contributed by atoms with van der Waals surface area (Å²) in [4.78, 5) is 0. The van der Waals surface area contributed by atoms with Crippen molar-refractivity contribution in [2.24, 2.45) is 10.8 Å². The Balaban J connectivity index is 0.000000578. The smallest absolute Gasteiger partial charge is 0.122 e. The van der Waals surface area contributed by atoms with Crippen LogP contribution in [0.3, 0.4) is 0 Å². The standard InChI is InChI=1S/C19H32O3.C17H28O3.C15H24O3.2C13H20O3/c1-7-21-12-16(20)13-22-17-10-8-15(9-11-17)19(5,6)14-18(2,3)4;1-16(2,3)12-17(4,5)13-6-8-15(9-7-13)20-11-14(19)10-18;1-5-17-9-13(16)10-18-14-6-7-15(11(2)3)12(4)8-14;1-9(2)13-5-4-12(6-10(13)3)16-8-11(15)7-14;1-3-10(2)12-6-4-5-7-13(12)16-9-11(15)8-14/h8-11,16,20H,7,12-14H2,1-6H3;6-9,14,18-19H,10-12H2,1-5H3;6-8,11,13,16H,5,9-10H2,1-4H3;4-6,9,11,14-15H,7-8H2,1-3H3;4-7,10-11,14-15H,3,8-9H2,1-2H3. The Bertz CT molecular complexity index is 2690. The zero-order valence-corrected chi connectivity index (χ0v) is 60.1. The second-order valence-electron chi connectivity index (χ2n) is 28.2. The zero-order valence-electron chi connectivity index (χ0n) is 60.1. The van der Waals surface area contributed by atoms with Crippen LogP contribution in [0, 0.1) is 24.7 Å². The maximum atomic E-state index is 9.70. The number of ether oxygens (including phenoxy) is 7. The summed E-state index contributed by atoms with van der Waals surface area (Å²) in [6.45, 7) is 45.4. The number of aryl methyl sites for hydroxylation is 2. The largest absolute Gasteiger partial charge is 0.491 e. The molecule has 0 aliphatic rings. The normalized spacial score (nSPS) is 13.7. The van der Waals surface area contributed by atoms with Gasteiger partial charge in [-0.25, -0.2) is 0 Å². The van der Waals surface area contributed by atoms with Gasteiger partial charge >= 0.3 is 0 Å². The summed E-state index contributed by atoms with van der Waals surface area (Å²) in [6.07, 6.45) is -0.353. The van der Waals surface area contributed by atoms with Crippen molar-refractivity contribution in [3.63, 3.8) is 0 Å². The van der Waals surface area contributed by atoms with Crippen LogP contribution in [0.5, 0.6) is 28.7 Å². The predicted octanol–water partition coefficient (Wildman–Crippen LogP) is 14.0. The van der Waals surface area contributed by atoms with E-state index in [0.29, 0.717) is 55.3 Å². The maximum absolute atomic E-state index is 9.70. The van der Waals surface area contributed by atoms with Gasteiger partial charge in [0.05, 0.1) is 33.0 Å². The van der Waals surface area contributed by atoms with Crippen LogP contribution in [0.25, 0.3) is 0 Å². The number of benzene rings is 5. The summed E-state index contributed by atoms with van der Waals surface area (Å²) < 4.78 is 37.7. The quantitative estimate of drug-likeness (QED) is 0.0200. The summed E-state index contributed by atoms with van der Waals surface area (Å²) in [6, 6.07) is 36.0. The lowest BCUT2D eigenvalue weighted by molar-refractivity contribution is 0.0164. The summed E-state index contributed by atoms with van der Waals surface area (Å²) in [7, 11) is 0. The Morgan fingerprint density at radius 1 is 0.370 bits per heavy atom. The fraction of sp³-hybridized carbons (Fsp3) is 0.610. The van der Waals surface area contributed by atoms with E-state index in [9.17, 15) is 20.4 Å². The highest BCUT2D eigenvalue weighted by atomic mass is 16.5. The molecule has 6 unspecified atom stereocenters. The molecule has 5 rings (SSSR count). The van der Waals surface area contributed by atoms with Crippen LogP contribution in [0.1, 0.15) is 201 Å². The molecule has 0 radical (unpaired) electrons. The van der Waals surface area contributed by atoms with Gasteiger partial charge in [0.2, 0.25) is 0 Å². The number of rotatable bonds is 32. The fourth-order valence-electron chi connectivity index (χ4n) is 10.6. The number of aliphatic hydroxyl groups excluding tert-OH is 8. The van der Waals surface area contributed by atoms with E-state index < -0.39 is 30.5 Å². The van der Waals surface area contributed by atoms with Gasteiger partial charge in [-0.05, 0) is 180 Å². The SMILES string of the molecule is CC(C)(C)CC(C)(C)c1ccc(OCC(O)CO)cc1.CCC(C)c1ccccc1OCC(O)CO.CCOCC(O)COc1ccc(C(C)(C)CC(C)(C)C)cc1.CCOCC(O)COc1ccc(C(C)C)c(C)c1.Cc1cc(OCC(O)CO)ccc1C(C)C. The topological polar surface area (TPSA) is 226 Å². The van der Waals surface area contributed by atoms with Crippen LogP contribution in [0.4, 0.5) is 0 Å². The minimum Gasteiger partial charge on any atom is -0.491 e. The Hall–Kier alpha value is -5.30. The molecule has 15 heteroatoms. The second-order valence-corrected chi connectivity index (χ2v) is 28.2. The molecule has 0 heterocycles. The van der Waals surface area contributed by atoms with Gasteiger partial charge in [-0.3, -0.25) is 0 Å². The van der Waals surface area contributed by atoms with Crippen LogP contribution in [-0.2, 0) is 20.3 Å². The third kappa shape index (κ3) is 35.8. The second kappa shape index (κ2) is 43.6. The first-order valence-corrected chi connectivity index (χ1v) is 33.1. The monoisotopic (exact) mass is 1290 g/mol. The first kappa shape index (κ1) is 84.7. The summed E-state index contributed by atoms with van der Waals surface area (Å²) >= 11 is 0. The van der Waals surface area contributed by atoms with Gasteiger partial charge < -0.3 is 74.0 Å². The molecule has 0 saturated carbocycles. The molecule has 0 fully saturated rings. The van der Waals surface area contributed by atoms with Crippen molar-refractivity contribution in [3.8, 4) is 28.7 Å². The third-order valence-corrected chi connectivity index (χ3v) is 14.9. The van der Waals surface area contributed by atoms with Gasteiger partial charge in [-0.1, -0.05) is 165 Å². The molecular weight excluding hydrogens is 1160 g/mol. The molecule has 5 aromatic rings. The molecule has 0 spiro atoms. The van der Waals surface area contributed by atoms with Crippen molar-refractivity contribution in [2.75, 3.05) is 79.3 Å². The first-order valence-electron chi connectivity index (χ1n) is 33.1. The molecule has 92 heavy (non-hydrogen) atoms. The minimum absolute atomic E-state index is 0.112. The van der Waals surface area contributed by atoms with Gasteiger partial charge in [0, 0.05) is 13.2 Å². The van der Waals surface area contributed by atoms with Gasteiger partial charge in [-0.2, -0.15) is 0 Å². The lowest BCUT2D eigenvalue weighted by Crippen LogP contribution is -2.25. The van der Waals surface area contributed by atoms with Crippen molar-refractivity contribution < 1.29 is 74.0 Å². The van der Waals surface area contributed by atoms with Crippen LogP contribution in [0.15, 0.2) is 109 Å². The number of para-hydroxylation sites is 1. The Morgan fingerprint density at radius 3 is 0.989 bits per heavy atom. The van der Waals surface area contributed by atoms with E-state index in [1.165, 1.54) is 33.4 Å². The molecule has 0 bridgehead atoms. The van der Waals surface area contributed by atoms with Crippen LogP contribution < -0.4 is 23.7 Å². The average Bonchev–Trinajstić information content (AvgIpc) is 0.910. The van der Waals surface area contributed by atoms with E-state index in [4.69, 9.17) is 53.6 Å². The third-order valence-electron chi connectivity index (χ3n) is 14.9. The van der Waals surface area contributed by atoms with Crippen LogP contribution >= 0.6 is 0 Å². The van der Waals surface area contributed by atoms with Gasteiger partial charge in [0.25, 0.3) is 0 Å². The summed E-state index contributed by atoms with van der Waals surface area (Å²) in [5.41, 5.74) is 9.60. The number of hydrogen-bond acceptors (Lipinski definition) is 15. The van der Waals surface area contributed by atoms with Crippen molar-refractivity contribution in [2.45, 2.75) is 217 Å². The Morgan fingerprint density at radius 2 is 0.685 bits per heavy atom. The van der Waals surface area contributed by atoms with E-state index >= 15 is 0 Å². The van der Waals surface area contributed by atoms with Gasteiger partial charge in [0.15, 0.2) is 0 Å². The minimum atomic E-state index is -0.827. The van der Waals surface area contributed by atoms with E-state index in [2.05, 4.69) is 148 Å². The van der Waals surface area contributed by atoms with Crippen molar-refractivity contribution in [1.82, 2.24) is 0 Å². The number of aliphatic hydroxyl groups is 8. The molecule has 15 nitrogen and oxygen atoms in total. The molecule has 8 N–H and O–H groups in total. The molecule has 5 aromatic carbocycles. The zero-order chi connectivity index (χ0) is 69.8. The lowest BCUT2D eigenvalue weighted by atomic mass is 9.72. The van der Waals surface area contributed by atoms with E-state index in [1.807, 2.05) is 99.6 Å². The summed E-state index contributed by atoms with van der Waals surface area (Å²) in [5.74, 6) is 5.27. The number of hydrogen-bond donors (Lipinski definition) is 8. The van der Waals surface area contributed by atoms with Crippen LogP contribution in [0.2, 0.25) is 0 Å².